The first-order chi connectivity index (χ1) is 14.0. The topological polar surface area (TPSA) is 50.9 Å². The fourth-order valence-corrected chi connectivity index (χ4v) is 5.34. The number of pyridine rings is 1. The van der Waals surface area contributed by atoms with Crippen LogP contribution in [0.15, 0.2) is 66.6 Å². The minimum atomic E-state index is -0.815. The fraction of sp³-hybridized carbons (Fsp3) is 0.360. The molecule has 4 nitrogen and oxygen atoms in total. The second-order valence-electron chi connectivity index (χ2n) is 9.02. The Kier molecular flexibility index (Phi) is 4.21. The molecule has 2 aliphatic carbocycles. The Hall–Kier alpha value is -2.72. The highest BCUT2D eigenvalue weighted by molar-refractivity contribution is 5.61. The van der Waals surface area contributed by atoms with Crippen molar-refractivity contribution in [3.05, 3.63) is 83.4 Å². The van der Waals surface area contributed by atoms with Crippen LogP contribution < -0.4 is 0 Å². The van der Waals surface area contributed by atoms with E-state index in [9.17, 15) is 5.11 Å². The smallest absolute Gasteiger partial charge is 0.0871 e. The third-order valence-electron chi connectivity index (χ3n) is 7.08. The monoisotopic (exact) mass is 385 g/mol. The molecule has 0 radical (unpaired) electrons. The van der Waals surface area contributed by atoms with E-state index in [0.29, 0.717) is 5.92 Å². The first kappa shape index (κ1) is 18.3. The summed E-state index contributed by atoms with van der Waals surface area (Å²) in [5, 5.41) is 15.9. The van der Waals surface area contributed by atoms with E-state index >= 15 is 0 Å². The fourth-order valence-electron chi connectivity index (χ4n) is 5.34. The Morgan fingerprint density at radius 3 is 2.76 bits per heavy atom. The lowest BCUT2D eigenvalue weighted by Gasteiger charge is -2.39. The van der Waals surface area contributed by atoms with Crippen LogP contribution >= 0.6 is 0 Å². The zero-order chi connectivity index (χ0) is 20.1. The number of aliphatic hydroxyl groups is 1. The van der Waals surface area contributed by atoms with Crippen LogP contribution in [-0.4, -0.2) is 19.9 Å². The van der Waals surface area contributed by atoms with Crippen LogP contribution in [0.4, 0.5) is 0 Å². The summed E-state index contributed by atoms with van der Waals surface area (Å²) < 4.78 is 2.00. The lowest BCUT2D eigenvalue weighted by atomic mass is 9.66. The summed E-state index contributed by atoms with van der Waals surface area (Å²) in [7, 11) is 0. The first-order valence-corrected chi connectivity index (χ1v) is 10.4. The number of hydrogen-bond donors (Lipinski definition) is 1. The van der Waals surface area contributed by atoms with Crippen LogP contribution in [0.25, 0.3) is 11.8 Å². The molecule has 0 bridgehead atoms. The van der Waals surface area contributed by atoms with Gasteiger partial charge in [0.25, 0.3) is 0 Å². The highest BCUT2D eigenvalue weighted by atomic mass is 16.3. The van der Waals surface area contributed by atoms with E-state index in [2.05, 4.69) is 23.1 Å². The first-order valence-electron chi connectivity index (χ1n) is 10.4. The number of aromatic nitrogens is 3. The number of benzene rings is 1. The Labute approximate surface area is 171 Å². The Morgan fingerprint density at radius 2 is 2.00 bits per heavy atom. The summed E-state index contributed by atoms with van der Waals surface area (Å²) in [5.74, 6) is 0.443. The van der Waals surface area contributed by atoms with E-state index in [0.717, 1.165) is 36.9 Å². The van der Waals surface area contributed by atoms with Gasteiger partial charge in [0, 0.05) is 6.20 Å². The molecule has 5 rings (SSSR count). The maximum atomic E-state index is 11.3. The molecule has 0 spiro atoms. The van der Waals surface area contributed by atoms with Gasteiger partial charge in [-0.3, -0.25) is 4.98 Å². The van der Waals surface area contributed by atoms with Gasteiger partial charge in [-0.15, -0.1) is 0 Å². The van der Waals surface area contributed by atoms with E-state index < -0.39 is 5.60 Å². The summed E-state index contributed by atoms with van der Waals surface area (Å²) in [4.78, 5) is 4.24. The highest BCUT2D eigenvalue weighted by Gasteiger charge is 2.47. The molecular weight excluding hydrogens is 358 g/mol. The van der Waals surface area contributed by atoms with E-state index in [1.54, 1.807) is 6.20 Å². The number of hydrogen-bond acceptors (Lipinski definition) is 3. The summed E-state index contributed by atoms with van der Waals surface area (Å²) in [6.45, 7) is 4.34. The van der Waals surface area contributed by atoms with Crippen molar-refractivity contribution in [2.24, 2.45) is 11.3 Å². The minimum Gasteiger partial charge on any atom is -0.385 e. The van der Waals surface area contributed by atoms with Crippen molar-refractivity contribution < 1.29 is 5.11 Å². The number of rotatable bonds is 4. The second kappa shape index (κ2) is 6.67. The highest BCUT2D eigenvalue weighted by Crippen LogP contribution is 2.56. The van der Waals surface area contributed by atoms with Crippen molar-refractivity contribution in [3.63, 3.8) is 0 Å². The predicted octanol–water partition coefficient (Wildman–Crippen LogP) is 4.92. The van der Waals surface area contributed by atoms with Gasteiger partial charge in [0.2, 0.25) is 0 Å². The quantitative estimate of drug-likeness (QED) is 0.693. The second-order valence-corrected chi connectivity index (χ2v) is 9.02. The number of allylic oxidation sites excluding steroid dienone is 1. The van der Waals surface area contributed by atoms with Crippen LogP contribution in [0.1, 0.15) is 49.9 Å². The maximum absolute atomic E-state index is 11.3. The largest absolute Gasteiger partial charge is 0.385 e. The molecular formula is C25H27N3O. The van der Waals surface area contributed by atoms with Crippen molar-refractivity contribution in [1.82, 2.24) is 14.8 Å². The van der Waals surface area contributed by atoms with Crippen LogP contribution in [0.3, 0.4) is 0 Å². The van der Waals surface area contributed by atoms with Gasteiger partial charge >= 0.3 is 0 Å². The minimum absolute atomic E-state index is 0.0779. The average molecular weight is 386 g/mol. The van der Waals surface area contributed by atoms with Gasteiger partial charge in [-0.25, -0.2) is 4.68 Å². The van der Waals surface area contributed by atoms with Crippen LogP contribution in [0.2, 0.25) is 0 Å². The van der Waals surface area contributed by atoms with Gasteiger partial charge in [-0.1, -0.05) is 42.8 Å². The molecule has 2 aliphatic rings. The molecule has 0 aliphatic heterocycles. The standard InChI is InChI=1S/C25H27N3O/c1-24-14-18-16-27-28(22-9-6-12-26-17-22)23(18)13-20(24)10-11-21(24)15-25(2,29)19-7-4-3-5-8-19/h3-9,12-13,16-17,21,29H,10-11,14-15H2,1-2H3/t21-,24+,25?/m1/s1. The normalized spacial score (nSPS) is 25.1. The van der Waals surface area contributed by atoms with Crippen molar-refractivity contribution in [3.8, 4) is 5.69 Å². The van der Waals surface area contributed by atoms with Crippen molar-refractivity contribution in [2.75, 3.05) is 0 Å². The van der Waals surface area contributed by atoms with E-state index in [1.807, 2.05) is 66.5 Å². The molecule has 1 saturated carbocycles. The van der Waals surface area contributed by atoms with Gasteiger partial charge < -0.3 is 5.11 Å². The molecule has 1 unspecified atom stereocenters. The summed E-state index contributed by atoms with van der Waals surface area (Å²) in [5.41, 5.74) is 5.22. The third kappa shape index (κ3) is 3.03. The molecule has 1 N–H and O–H groups in total. The molecule has 1 aromatic carbocycles. The summed E-state index contributed by atoms with van der Waals surface area (Å²) in [6.07, 6.45) is 11.9. The van der Waals surface area contributed by atoms with Gasteiger partial charge in [0.05, 0.1) is 29.4 Å². The Morgan fingerprint density at radius 1 is 1.17 bits per heavy atom. The van der Waals surface area contributed by atoms with Crippen LogP contribution in [0, 0.1) is 11.3 Å². The van der Waals surface area contributed by atoms with Gasteiger partial charge in [-0.2, -0.15) is 5.10 Å². The van der Waals surface area contributed by atoms with Gasteiger partial charge in [-0.05, 0) is 73.3 Å². The van der Waals surface area contributed by atoms with E-state index in [4.69, 9.17) is 0 Å². The lowest BCUT2D eigenvalue weighted by Crippen LogP contribution is -2.34. The van der Waals surface area contributed by atoms with Crippen LogP contribution in [-0.2, 0) is 12.0 Å². The van der Waals surface area contributed by atoms with E-state index in [-0.39, 0.29) is 5.41 Å². The predicted molar refractivity (Wildman–Crippen MR) is 115 cm³/mol. The molecule has 1 fully saturated rings. The number of nitrogens with zero attached hydrogens (tertiary/aromatic N) is 3. The molecule has 148 valence electrons. The molecule has 4 heteroatoms. The molecule has 3 atom stereocenters. The van der Waals surface area contributed by atoms with Gasteiger partial charge in [0.15, 0.2) is 0 Å². The Balaban J connectivity index is 1.45. The van der Waals surface area contributed by atoms with Crippen LogP contribution in [0.5, 0.6) is 0 Å². The van der Waals surface area contributed by atoms with Crippen molar-refractivity contribution >= 4 is 6.08 Å². The van der Waals surface area contributed by atoms with Crippen molar-refractivity contribution in [1.29, 1.82) is 0 Å². The molecule has 29 heavy (non-hydrogen) atoms. The third-order valence-corrected chi connectivity index (χ3v) is 7.08. The molecule has 2 heterocycles. The Bertz CT molecular complexity index is 1050. The number of fused-ring (bicyclic) bond motifs is 2. The molecule has 3 aromatic rings. The maximum Gasteiger partial charge on any atom is 0.0871 e. The molecule has 0 saturated heterocycles. The average Bonchev–Trinajstić information content (AvgIpc) is 3.27. The van der Waals surface area contributed by atoms with Crippen molar-refractivity contribution in [2.45, 2.75) is 45.1 Å². The zero-order valence-corrected chi connectivity index (χ0v) is 17.0. The SMILES string of the molecule is CC(O)(C[C@H]1CCC2=Cc3c(cnn3-c3cccnc3)C[C@@]21C)c1ccccc1. The summed E-state index contributed by atoms with van der Waals surface area (Å²) in [6, 6.07) is 14.1. The lowest BCUT2D eigenvalue weighted by molar-refractivity contribution is 0.0141. The zero-order valence-electron chi connectivity index (χ0n) is 17.0. The molecule has 2 aromatic heterocycles. The van der Waals surface area contributed by atoms with E-state index in [1.165, 1.54) is 16.8 Å². The van der Waals surface area contributed by atoms with Gasteiger partial charge in [0.1, 0.15) is 0 Å². The summed E-state index contributed by atoms with van der Waals surface area (Å²) >= 11 is 0. The molecule has 0 amide bonds.